The van der Waals surface area contributed by atoms with E-state index in [-0.39, 0.29) is 5.56 Å². The minimum Gasteiger partial charge on any atom is -0.496 e. The van der Waals surface area contributed by atoms with Gasteiger partial charge in [0.2, 0.25) is 0 Å². The number of benzene rings is 2. The summed E-state index contributed by atoms with van der Waals surface area (Å²) < 4.78 is 13.2. The minimum atomic E-state index is -0.00337. The molecule has 0 unspecified atom stereocenters. The van der Waals surface area contributed by atoms with Crippen LogP contribution < -0.4 is 15.0 Å². The SMILES string of the molecule is COc1ccccc1CN(CCCCCOc1ccc2c(ccc(=O)n2C)c1)CCc1cccnc1. The highest BCUT2D eigenvalue weighted by Gasteiger charge is 2.10. The number of ether oxygens (including phenoxy) is 2. The molecule has 0 radical (unpaired) electrons. The largest absolute Gasteiger partial charge is 0.496 e. The topological polar surface area (TPSA) is 56.6 Å². The third-order valence-corrected chi connectivity index (χ3v) is 6.51. The summed E-state index contributed by atoms with van der Waals surface area (Å²) in [7, 11) is 3.52. The Balaban J connectivity index is 1.26. The van der Waals surface area contributed by atoms with Gasteiger partial charge in [0.15, 0.2) is 0 Å². The lowest BCUT2D eigenvalue weighted by atomic mass is 10.1. The molecule has 2 aromatic heterocycles. The molecule has 0 atom stereocenters. The van der Waals surface area contributed by atoms with E-state index in [4.69, 9.17) is 9.47 Å². The zero-order valence-corrected chi connectivity index (χ0v) is 21.2. The Bertz CT molecular complexity index is 1300. The van der Waals surface area contributed by atoms with Crippen molar-refractivity contribution in [2.45, 2.75) is 32.2 Å². The van der Waals surface area contributed by atoms with Gasteiger partial charge < -0.3 is 14.0 Å². The maximum absolute atomic E-state index is 11.8. The molecule has 6 nitrogen and oxygen atoms in total. The van der Waals surface area contributed by atoms with Gasteiger partial charge in [-0.3, -0.25) is 14.7 Å². The first-order chi connectivity index (χ1) is 17.6. The van der Waals surface area contributed by atoms with Crippen LogP contribution in [0.5, 0.6) is 11.5 Å². The maximum atomic E-state index is 11.8. The predicted octanol–water partition coefficient (Wildman–Crippen LogP) is 5.24. The second-order valence-electron chi connectivity index (χ2n) is 9.06. The van der Waals surface area contributed by atoms with Gasteiger partial charge in [-0.1, -0.05) is 24.3 Å². The first kappa shape index (κ1) is 25.5. The van der Waals surface area contributed by atoms with Crippen LogP contribution in [0.1, 0.15) is 30.4 Å². The Kier molecular flexibility index (Phi) is 9.11. The van der Waals surface area contributed by atoms with Crippen LogP contribution in [0.25, 0.3) is 10.9 Å². The molecular weight excluding hydrogens is 450 g/mol. The van der Waals surface area contributed by atoms with Gasteiger partial charge in [0.1, 0.15) is 11.5 Å². The number of aryl methyl sites for hydroxylation is 1. The van der Waals surface area contributed by atoms with E-state index in [9.17, 15) is 4.79 Å². The van der Waals surface area contributed by atoms with Gasteiger partial charge in [0, 0.05) is 49.5 Å². The van der Waals surface area contributed by atoms with Crippen LogP contribution >= 0.6 is 0 Å². The number of hydrogen-bond donors (Lipinski definition) is 0. The number of rotatable bonds is 13. The fourth-order valence-electron chi connectivity index (χ4n) is 4.43. The molecule has 0 aliphatic heterocycles. The van der Waals surface area contributed by atoms with E-state index in [2.05, 4.69) is 28.1 Å². The van der Waals surface area contributed by atoms with E-state index in [1.54, 1.807) is 24.8 Å². The number of unbranched alkanes of at least 4 members (excludes halogenated alkanes) is 2. The Morgan fingerprint density at radius 1 is 0.944 bits per heavy atom. The van der Waals surface area contributed by atoms with Crippen LogP contribution in [0.3, 0.4) is 0 Å². The molecule has 0 N–H and O–H groups in total. The zero-order valence-electron chi connectivity index (χ0n) is 21.2. The monoisotopic (exact) mass is 485 g/mol. The first-order valence-corrected chi connectivity index (χ1v) is 12.6. The lowest BCUT2D eigenvalue weighted by Crippen LogP contribution is -2.27. The summed E-state index contributed by atoms with van der Waals surface area (Å²) in [6, 6.07) is 21.7. The molecule has 6 heteroatoms. The number of para-hydroxylation sites is 1. The zero-order chi connectivity index (χ0) is 25.2. The average Bonchev–Trinajstić information content (AvgIpc) is 2.92. The third-order valence-electron chi connectivity index (χ3n) is 6.51. The third kappa shape index (κ3) is 6.95. The van der Waals surface area contributed by atoms with Crippen LogP contribution in [-0.4, -0.2) is 41.3 Å². The van der Waals surface area contributed by atoms with Gasteiger partial charge in [-0.15, -0.1) is 0 Å². The van der Waals surface area contributed by atoms with Gasteiger partial charge in [-0.05, 0) is 74.2 Å². The van der Waals surface area contributed by atoms with Crippen molar-refractivity contribution < 1.29 is 9.47 Å². The molecule has 4 aromatic rings. The molecule has 2 aromatic carbocycles. The standard InChI is InChI=1S/C30H35N3O3/c1-32-28-14-13-27(21-25(28)12-15-30(32)34)36-20-7-3-6-18-33(19-16-24-9-8-17-31-22-24)23-26-10-4-5-11-29(26)35-2/h4-5,8-15,17,21-22H,3,6-7,16,18-20,23H2,1-2H3. The number of hydrogen-bond acceptors (Lipinski definition) is 5. The fraction of sp³-hybridized carbons (Fsp3) is 0.333. The number of fused-ring (bicyclic) bond motifs is 1. The van der Waals surface area contributed by atoms with E-state index in [0.29, 0.717) is 6.61 Å². The van der Waals surface area contributed by atoms with Crippen molar-refractivity contribution >= 4 is 10.9 Å². The molecule has 0 amide bonds. The van der Waals surface area contributed by atoms with Gasteiger partial charge in [0.05, 0.1) is 19.2 Å². The Labute approximate surface area is 213 Å². The summed E-state index contributed by atoms with van der Waals surface area (Å²) in [5, 5.41) is 1.01. The lowest BCUT2D eigenvalue weighted by Gasteiger charge is -2.23. The second kappa shape index (κ2) is 12.9. The number of aromatic nitrogens is 2. The van der Waals surface area contributed by atoms with E-state index in [0.717, 1.165) is 67.7 Å². The summed E-state index contributed by atoms with van der Waals surface area (Å²) in [6.07, 6.45) is 7.93. The normalized spacial score (nSPS) is 11.2. The summed E-state index contributed by atoms with van der Waals surface area (Å²) in [4.78, 5) is 18.6. The van der Waals surface area contributed by atoms with Crippen LogP contribution in [0.4, 0.5) is 0 Å². The maximum Gasteiger partial charge on any atom is 0.250 e. The fourth-order valence-corrected chi connectivity index (χ4v) is 4.43. The van der Waals surface area contributed by atoms with Crippen LogP contribution in [0.2, 0.25) is 0 Å². The Morgan fingerprint density at radius 3 is 2.67 bits per heavy atom. The van der Waals surface area contributed by atoms with Gasteiger partial charge in [-0.25, -0.2) is 0 Å². The van der Waals surface area contributed by atoms with Crippen molar-refractivity contribution in [3.05, 3.63) is 101 Å². The molecule has 4 rings (SSSR count). The minimum absolute atomic E-state index is 0.00337. The molecular formula is C30H35N3O3. The predicted molar refractivity (Wildman–Crippen MR) is 145 cm³/mol. The molecule has 0 bridgehead atoms. The molecule has 0 saturated heterocycles. The first-order valence-electron chi connectivity index (χ1n) is 12.6. The van der Waals surface area contributed by atoms with Gasteiger partial charge in [0.25, 0.3) is 5.56 Å². The van der Waals surface area contributed by atoms with Gasteiger partial charge in [-0.2, -0.15) is 0 Å². The Morgan fingerprint density at radius 2 is 1.83 bits per heavy atom. The highest BCUT2D eigenvalue weighted by atomic mass is 16.5. The van der Waals surface area contributed by atoms with E-state index in [1.165, 1.54) is 11.1 Å². The second-order valence-corrected chi connectivity index (χ2v) is 9.06. The van der Waals surface area contributed by atoms with Crippen LogP contribution in [0.15, 0.2) is 83.9 Å². The van der Waals surface area contributed by atoms with Crippen molar-refractivity contribution in [3.8, 4) is 11.5 Å². The highest BCUT2D eigenvalue weighted by molar-refractivity contribution is 5.80. The summed E-state index contributed by atoms with van der Waals surface area (Å²) >= 11 is 0. The van der Waals surface area contributed by atoms with Crippen LogP contribution in [0, 0.1) is 0 Å². The molecule has 188 valence electrons. The van der Waals surface area contributed by atoms with Crippen molar-refractivity contribution in [2.24, 2.45) is 7.05 Å². The van der Waals surface area contributed by atoms with Crippen molar-refractivity contribution in [3.63, 3.8) is 0 Å². The smallest absolute Gasteiger partial charge is 0.250 e. The van der Waals surface area contributed by atoms with Crippen LogP contribution in [-0.2, 0) is 20.0 Å². The molecule has 0 fully saturated rings. The summed E-state index contributed by atoms with van der Waals surface area (Å²) in [5.41, 5.74) is 3.38. The Hall–Kier alpha value is -3.64. The van der Waals surface area contributed by atoms with Gasteiger partial charge >= 0.3 is 0 Å². The number of methoxy groups -OCH3 is 1. The average molecular weight is 486 g/mol. The van der Waals surface area contributed by atoms with E-state index in [1.807, 2.05) is 54.9 Å². The molecule has 0 aliphatic carbocycles. The quantitative estimate of drug-likeness (QED) is 0.243. The highest BCUT2D eigenvalue weighted by Crippen LogP contribution is 2.21. The molecule has 0 spiro atoms. The van der Waals surface area contributed by atoms with Crippen molar-refractivity contribution in [1.82, 2.24) is 14.5 Å². The van der Waals surface area contributed by atoms with Crippen molar-refractivity contribution in [1.29, 1.82) is 0 Å². The lowest BCUT2D eigenvalue weighted by molar-refractivity contribution is 0.250. The van der Waals surface area contributed by atoms with E-state index >= 15 is 0 Å². The molecule has 0 saturated carbocycles. The number of nitrogens with zero attached hydrogens (tertiary/aromatic N) is 3. The summed E-state index contributed by atoms with van der Waals surface area (Å²) in [6.45, 7) is 3.53. The summed E-state index contributed by atoms with van der Waals surface area (Å²) in [5.74, 6) is 1.78. The molecule has 36 heavy (non-hydrogen) atoms. The van der Waals surface area contributed by atoms with Crippen molar-refractivity contribution in [2.75, 3.05) is 26.8 Å². The molecule has 2 heterocycles. The number of pyridine rings is 2. The van der Waals surface area contributed by atoms with E-state index < -0.39 is 0 Å². The molecule has 0 aliphatic rings.